The summed E-state index contributed by atoms with van der Waals surface area (Å²) in [4.78, 5) is 13.1. The Kier molecular flexibility index (Phi) is 4.83. The summed E-state index contributed by atoms with van der Waals surface area (Å²) in [6, 6.07) is 14.2. The van der Waals surface area contributed by atoms with E-state index in [0.717, 1.165) is 35.6 Å². The predicted octanol–water partition coefficient (Wildman–Crippen LogP) is 2.55. The third-order valence-electron chi connectivity index (χ3n) is 4.72. The van der Waals surface area contributed by atoms with Gasteiger partial charge in [-0.1, -0.05) is 24.3 Å². The highest BCUT2D eigenvalue weighted by Crippen LogP contribution is 2.34. The molecule has 0 spiro atoms. The molecule has 0 bridgehead atoms. The van der Waals surface area contributed by atoms with Crippen LogP contribution in [0.2, 0.25) is 0 Å². The van der Waals surface area contributed by atoms with Crippen LogP contribution in [0.4, 0.5) is 4.39 Å². The van der Waals surface area contributed by atoms with Gasteiger partial charge in [0, 0.05) is 24.2 Å². The third kappa shape index (κ3) is 3.61. The van der Waals surface area contributed by atoms with Crippen molar-refractivity contribution in [1.82, 2.24) is 14.7 Å². The van der Waals surface area contributed by atoms with E-state index in [1.165, 1.54) is 6.07 Å². The Bertz CT molecular complexity index is 1030. The number of hydrogen-bond acceptors (Lipinski definition) is 4. The first-order valence-corrected chi connectivity index (χ1v) is 9.03. The number of carbonyl (C=O) groups excluding carboxylic acids is 1. The number of nitrogens with zero attached hydrogens (tertiary/aromatic N) is 3. The van der Waals surface area contributed by atoms with Gasteiger partial charge in [0.05, 0.1) is 17.9 Å². The number of halogens is 1. The van der Waals surface area contributed by atoms with Gasteiger partial charge >= 0.3 is 0 Å². The molecule has 0 aliphatic carbocycles. The number of carbonyl (C=O) groups is 1. The fraction of sp³-hybridized carbons (Fsp3) is 0.238. The van der Waals surface area contributed by atoms with Crippen molar-refractivity contribution in [2.24, 2.45) is 5.73 Å². The molecule has 6 nitrogen and oxygen atoms in total. The Morgan fingerprint density at radius 2 is 2.04 bits per heavy atom. The SMILES string of the molecule is CN1Cc2nn(Cc3cccc(OCC(N)=O)c3)c(-c3ccccc3F)c2C1. The van der Waals surface area contributed by atoms with Gasteiger partial charge < -0.3 is 10.5 Å². The van der Waals surface area contributed by atoms with Gasteiger partial charge in [-0.2, -0.15) is 5.10 Å². The first-order valence-electron chi connectivity index (χ1n) is 9.03. The molecule has 0 saturated heterocycles. The molecule has 144 valence electrons. The van der Waals surface area contributed by atoms with Gasteiger partial charge in [-0.05, 0) is 36.9 Å². The number of primary amides is 1. The average Bonchev–Trinajstić information content (AvgIpc) is 3.16. The molecule has 7 heteroatoms. The van der Waals surface area contributed by atoms with Gasteiger partial charge in [0.2, 0.25) is 0 Å². The van der Waals surface area contributed by atoms with E-state index in [0.29, 0.717) is 17.9 Å². The van der Waals surface area contributed by atoms with E-state index in [-0.39, 0.29) is 12.4 Å². The number of benzene rings is 2. The molecule has 1 aromatic heterocycles. The van der Waals surface area contributed by atoms with Crippen molar-refractivity contribution in [1.29, 1.82) is 0 Å². The highest BCUT2D eigenvalue weighted by molar-refractivity contribution is 5.75. The molecule has 0 radical (unpaired) electrons. The Labute approximate surface area is 162 Å². The molecule has 0 unspecified atom stereocenters. The van der Waals surface area contributed by atoms with Gasteiger partial charge in [0.25, 0.3) is 5.91 Å². The lowest BCUT2D eigenvalue weighted by Gasteiger charge is -2.13. The zero-order valence-corrected chi connectivity index (χ0v) is 15.6. The van der Waals surface area contributed by atoms with Crippen molar-refractivity contribution < 1.29 is 13.9 Å². The number of nitrogens with two attached hydrogens (primary N) is 1. The van der Waals surface area contributed by atoms with Crippen LogP contribution in [-0.4, -0.2) is 34.2 Å². The molecule has 0 atom stereocenters. The van der Waals surface area contributed by atoms with Crippen molar-refractivity contribution in [2.45, 2.75) is 19.6 Å². The van der Waals surface area contributed by atoms with E-state index < -0.39 is 5.91 Å². The fourth-order valence-corrected chi connectivity index (χ4v) is 3.55. The number of fused-ring (bicyclic) bond motifs is 1. The standard InChI is InChI=1S/C21H21FN4O2/c1-25-11-17-19(12-25)24-26(21(17)16-7-2-3-8-18(16)22)10-14-5-4-6-15(9-14)28-13-20(23)27/h2-9H,10-13H2,1H3,(H2,23,27). The molecule has 0 saturated carbocycles. The smallest absolute Gasteiger partial charge is 0.255 e. The van der Waals surface area contributed by atoms with E-state index in [9.17, 15) is 9.18 Å². The number of amides is 1. The Morgan fingerprint density at radius 3 is 2.82 bits per heavy atom. The molecule has 2 N–H and O–H groups in total. The molecule has 1 aliphatic rings. The molecular weight excluding hydrogens is 359 g/mol. The zero-order chi connectivity index (χ0) is 19.7. The van der Waals surface area contributed by atoms with E-state index in [1.807, 2.05) is 36.0 Å². The average molecular weight is 380 g/mol. The maximum absolute atomic E-state index is 14.6. The van der Waals surface area contributed by atoms with E-state index >= 15 is 0 Å². The van der Waals surface area contributed by atoms with Crippen LogP contribution in [0.1, 0.15) is 16.8 Å². The number of aromatic nitrogens is 2. The van der Waals surface area contributed by atoms with Crippen LogP contribution < -0.4 is 10.5 Å². The van der Waals surface area contributed by atoms with Crippen LogP contribution in [-0.2, 0) is 24.4 Å². The molecule has 2 heterocycles. The van der Waals surface area contributed by atoms with Crippen molar-refractivity contribution in [3.05, 3.63) is 71.2 Å². The van der Waals surface area contributed by atoms with Crippen molar-refractivity contribution >= 4 is 5.91 Å². The number of rotatable bonds is 6. The molecular formula is C21H21FN4O2. The molecule has 1 amide bonds. The zero-order valence-electron chi connectivity index (χ0n) is 15.6. The Hall–Kier alpha value is -3.19. The highest BCUT2D eigenvalue weighted by Gasteiger charge is 2.27. The van der Waals surface area contributed by atoms with Gasteiger partial charge in [0.1, 0.15) is 11.6 Å². The van der Waals surface area contributed by atoms with E-state index in [1.54, 1.807) is 18.2 Å². The van der Waals surface area contributed by atoms with Crippen LogP contribution in [0.15, 0.2) is 48.5 Å². The van der Waals surface area contributed by atoms with Crippen molar-refractivity contribution in [2.75, 3.05) is 13.7 Å². The quantitative estimate of drug-likeness (QED) is 0.713. The molecule has 4 rings (SSSR count). The van der Waals surface area contributed by atoms with E-state index in [4.69, 9.17) is 15.6 Å². The summed E-state index contributed by atoms with van der Waals surface area (Å²) in [7, 11) is 2.02. The minimum absolute atomic E-state index is 0.174. The third-order valence-corrected chi connectivity index (χ3v) is 4.72. The number of ether oxygens (including phenoxy) is 1. The fourth-order valence-electron chi connectivity index (χ4n) is 3.55. The van der Waals surface area contributed by atoms with Gasteiger partial charge in [0.15, 0.2) is 6.61 Å². The molecule has 28 heavy (non-hydrogen) atoms. The highest BCUT2D eigenvalue weighted by atomic mass is 19.1. The van der Waals surface area contributed by atoms with Crippen LogP contribution in [0.5, 0.6) is 5.75 Å². The van der Waals surface area contributed by atoms with Crippen LogP contribution in [0.25, 0.3) is 11.3 Å². The second-order valence-corrected chi connectivity index (χ2v) is 6.99. The Morgan fingerprint density at radius 1 is 1.21 bits per heavy atom. The summed E-state index contributed by atoms with van der Waals surface area (Å²) in [5.74, 6) is -0.234. The summed E-state index contributed by atoms with van der Waals surface area (Å²) in [6.45, 7) is 1.77. The lowest BCUT2D eigenvalue weighted by Crippen LogP contribution is -2.20. The Balaban J connectivity index is 1.70. The van der Waals surface area contributed by atoms with Crippen LogP contribution >= 0.6 is 0 Å². The largest absolute Gasteiger partial charge is 0.484 e. The van der Waals surface area contributed by atoms with Crippen LogP contribution in [0.3, 0.4) is 0 Å². The normalized spacial score (nSPS) is 13.5. The minimum atomic E-state index is -0.528. The maximum Gasteiger partial charge on any atom is 0.255 e. The topological polar surface area (TPSA) is 73.4 Å². The molecule has 1 aliphatic heterocycles. The van der Waals surface area contributed by atoms with Crippen LogP contribution in [0, 0.1) is 5.82 Å². The summed E-state index contributed by atoms with van der Waals surface area (Å²) < 4.78 is 21.8. The lowest BCUT2D eigenvalue weighted by atomic mass is 10.1. The first kappa shape index (κ1) is 18.2. The molecule has 2 aromatic carbocycles. The van der Waals surface area contributed by atoms with Gasteiger partial charge in [-0.3, -0.25) is 14.4 Å². The lowest BCUT2D eigenvalue weighted by molar-refractivity contribution is -0.119. The number of hydrogen-bond donors (Lipinski definition) is 1. The van der Waals surface area contributed by atoms with Crippen molar-refractivity contribution in [3.63, 3.8) is 0 Å². The monoisotopic (exact) mass is 380 g/mol. The summed E-state index contributed by atoms with van der Waals surface area (Å²) in [5.41, 5.74) is 9.47. The van der Waals surface area contributed by atoms with E-state index in [2.05, 4.69) is 4.90 Å². The first-order chi connectivity index (χ1) is 13.5. The second-order valence-electron chi connectivity index (χ2n) is 6.99. The van der Waals surface area contributed by atoms with Gasteiger partial charge in [-0.25, -0.2) is 4.39 Å². The maximum atomic E-state index is 14.6. The van der Waals surface area contributed by atoms with Gasteiger partial charge in [-0.15, -0.1) is 0 Å². The summed E-state index contributed by atoms with van der Waals surface area (Å²) in [5, 5.41) is 4.75. The summed E-state index contributed by atoms with van der Waals surface area (Å²) in [6.07, 6.45) is 0. The summed E-state index contributed by atoms with van der Waals surface area (Å²) >= 11 is 0. The minimum Gasteiger partial charge on any atom is -0.484 e. The molecule has 3 aromatic rings. The molecule has 0 fully saturated rings. The predicted molar refractivity (Wildman–Crippen MR) is 103 cm³/mol. The second kappa shape index (κ2) is 7.44. The van der Waals surface area contributed by atoms with Crippen molar-refractivity contribution in [3.8, 4) is 17.0 Å².